The van der Waals surface area contributed by atoms with E-state index in [1.807, 2.05) is 12.1 Å². The van der Waals surface area contributed by atoms with E-state index < -0.39 is 0 Å². The van der Waals surface area contributed by atoms with Crippen molar-refractivity contribution in [1.29, 1.82) is 0 Å². The van der Waals surface area contributed by atoms with Crippen molar-refractivity contribution in [1.82, 2.24) is 4.98 Å². The Kier molecular flexibility index (Phi) is 2.67. The van der Waals surface area contributed by atoms with Crippen LogP contribution < -0.4 is 4.74 Å². The average molecular weight is 259 g/mol. The largest absolute Gasteiger partial charge is 0.483 e. The van der Waals surface area contributed by atoms with Gasteiger partial charge in [-0.3, -0.25) is 0 Å². The molecule has 1 aromatic heterocycles. The highest BCUT2D eigenvalue weighted by molar-refractivity contribution is 7.09. The molecule has 1 aliphatic heterocycles. The zero-order valence-corrected chi connectivity index (χ0v) is 11.8. The molecular formula is C15H17NOS. The van der Waals surface area contributed by atoms with Gasteiger partial charge in [0.1, 0.15) is 10.8 Å². The molecule has 0 saturated heterocycles. The molecule has 1 atom stereocenters. The third kappa shape index (κ3) is 2.03. The minimum Gasteiger partial charge on any atom is -0.483 e. The Morgan fingerprint density at radius 2 is 2.06 bits per heavy atom. The number of thiazole rings is 1. The third-order valence-corrected chi connectivity index (χ3v) is 4.15. The summed E-state index contributed by atoms with van der Waals surface area (Å²) < 4.78 is 5.97. The number of para-hydroxylation sites is 1. The highest BCUT2D eigenvalue weighted by Gasteiger charge is 2.28. The van der Waals surface area contributed by atoms with Crippen molar-refractivity contribution in [2.45, 2.75) is 38.7 Å². The third-order valence-electron chi connectivity index (χ3n) is 3.21. The Bertz CT molecular complexity index is 543. The minimum absolute atomic E-state index is 0.100. The summed E-state index contributed by atoms with van der Waals surface area (Å²) in [5.41, 5.74) is 2.55. The van der Waals surface area contributed by atoms with Crippen molar-refractivity contribution < 1.29 is 4.74 Å². The normalized spacial score (nSPS) is 18.5. The second kappa shape index (κ2) is 4.09. The molecule has 0 radical (unpaired) electrons. The molecule has 2 nitrogen and oxygen atoms in total. The molecule has 2 heterocycles. The Hall–Kier alpha value is -1.35. The van der Waals surface area contributed by atoms with Gasteiger partial charge in [0, 0.05) is 17.2 Å². The Morgan fingerprint density at radius 3 is 2.72 bits per heavy atom. The SMILES string of the molecule is CC(C)(C)c1csc(C2Cc3ccccc3O2)n1. The molecule has 3 heteroatoms. The van der Waals surface area contributed by atoms with Crippen LogP contribution in [0.3, 0.4) is 0 Å². The van der Waals surface area contributed by atoms with Crippen LogP contribution in [0.4, 0.5) is 0 Å². The number of hydrogen-bond donors (Lipinski definition) is 0. The molecular weight excluding hydrogens is 242 g/mol. The second-order valence-corrected chi connectivity index (χ2v) is 6.63. The van der Waals surface area contributed by atoms with Gasteiger partial charge in [-0.05, 0) is 11.6 Å². The molecule has 0 bridgehead atoms. The van der Waals surface area contributed by atoms with Crippen molar-refractivity contribution >= 4 is 11.3 Å². The van der Waals surface area contributed by atoms with Gasteiger partial charge in [-0.1, -0.05) is 39.0 Å². The predicted molar refractivity (Wildman–Crippen MR) is 74.3 cm³/mol. The molecule has 0 saturated carbocycles. The van der Waals surface area contributed by atoms with Crippen molar-refractivity contribution in [3.8, 4) is 5.75 Å². The standard InChI is InChI=1S/C15H17NOS/c1-15(2,3)13-9-18-14(16-13)12-8-10-6-4-5-7-11(10)17-12/h4-7,9,12H,8H2,1-3H3. The first-order valence-corrected chi connectivity index (χ1v) is 7.12. The average Bonchev–Trinajstić information content (AvgIpc) is 2.94. The molecule has 0 amide bonds. The van der Waals surface area contributed by atoms with Crippen LogP contribution in [0.15, 0.2) is 29.6 Å². The lowest BCUT2D eigenvalue weighted by molar-refractivity contribution is 0.237. The molecule has 2 aromatic rings. The maximum absolute atomic E-state index is 5.97. The van der Waals surface area contributed by atoms with Gasteiger partial charge in [0.25, 0.3) is 0 Å². The van der Waals surface area contributed by atoms with E-state index in [1.165, 1.54) is 5.56 Å². The summed E-state index contributed by atoms with van der Waals surface area (Å²) in [7, 11) is 0. The van der Waals surface area contributed by atoms with Crippen LogP contribution >= 0.6 is 11.3 Å². The van der Waals surface area contributed by atoms with E-state index in [0.29, 0.717) is 0 Å². The number of nitrogens with zero attached hydrogens (tertiary/aromatic N) is 1. The molecule has 1 aromatic carbocycles. The Labute approximate surface area is 112 Å². The maximum atomic E-state index is 5.97. The van der Waals surface area contributed by atoms with Crippen molar-refractivity contribution in [2.24, 2.45) is 0 Å². The molecule has 94 valence electrons. The molecule has 0 aliphatic carbocycles. The van der Waals surface area contributed by atoms with Crippen LogP contribution in [0.2, 0.25) is 0 Å². The van der Waals surface area contributed by atoms with Crippen LogP contribution in [0.5, 0.6) is 5.75 Å². The van der Waals surface area contributed by atoms with Crippen molar-refractivity contribution in [3.05, 3.63) is 45.9 Å². The number of ether oxygens (including phenoxy) is 1. The van der Waals surface area contributed by atoms with E-state index in [0.717, 1.165) is 22.9 Å². The number of hydrogen-bond acceptors (Lipinski definition) is 3. The first-order chi connectivity index (χ1) is 8.54. The molecule has 18 heavy (non-hydrogen) atoms. The monoisotopic (exact) mass is 259 g/mol. The van der Waals surface area contributed by atoms with Crippen LogP contribution in [-0.2, 0) is 11.8 Å². The lowest BCUT2D eigenvalue weighted by Crippen LogP contribution is -2.12. The van der Waals surface area contributed by atoms with Crippen LogP contribution in [-0.4, -0.2) is 4.98 Å². The molecule has 3 rings (SSSR count). The fourth-order valence-electron chi connectivity index (χ4n) is 2.10. The van der Waals surface area contributed by atoms with Gasteiger partial charge in [0.05, 0.1) is 5.69 Å². The van der Waals surface area contributed by atoms with Crippen LogP contribution in [0.25, 0.3) is 0 Å². The van der Waals surface area contributed by atoms with Crippen LogP contribution in [0.1, 0.15) is 43.1 Å². The fraction of sp³-hybridized carbons (Fsp3) is 0.400. The summed E-state index contributed by atoms with van der Waals surface area (Å²) in [6, 6.07) is 8.25. The zero-order valence-electron chi connectivity index (χ0n) is 10.9. The summed E-state index contributed by atoms with van der Waals surface area (Å²) in [6.45, 7) is 6.57. The van der Waals surface area contributed by atoms with E-state index >= 15 is 0 Å². The topological polar surface area (TPSA) is 22.1 Å². The number of rotatable bonds is 1. The van der Waals surface area contributed by atoms with Gasteiger partial charge in [-0.2, -0.15) is 0 Å². The van der Waals surface area contributed by atoms with E-state index in [9.17, 15) is 0 Å². The lowest BCUT2D eigenvalue weighted by atomic mass is 9.93. The summed E-state index contributed by atoms with van der Waals surface area (Å²) in [5, 5.41) is 3.25. The van der Waals surface area contributed by atoms with Gasteiger partial charge in [0.15, 0.2) is 6.10 Å². The van der Waals surface area contributed by atoms with Crippen LogP contribution in [0, 0.1) is 0 Å². The van der Waals surface area contributed by atoms with Gasteiger partial charge in [-0.25, -0.2) is 4.98 Å². The Balaban J connectivity index is 1.85. The summed E-state index contributed by atoms with van der Waals surface area (Å²) in [6.07, 6.45) is 1.04. The van der Waals surface area contributed by atoms with Gasteiger partial charge in [0.2, 0.25) is 0 Å². The second-order valence-electron chi connectivity index (χ2n) is 5.74. The van der Waals surface area contributed by atoms with Crippen molar-refractivity contribution in [3.63, 3.8) is 0 Å². The summed E-state index contributed by atoms with van der Waals surface area (Å²) in [4.78, 5) is 4.74. The molecule has 0 N–H and O–H groups in total. The molecule has 1 unspecified atom stereocenters. The van der Waals surface area contributed by atoms with E-state index in [4.69, 9.17) is 9.72 Å². The zero-order chi connectivity index (χ0) is 12.8. The first-order valence-electron chi connectivity index (χ1n) is 6.24. The quantitative estimate of drug-likeness (QED) is 0.768. The van der Waals surface area contributed by atoms with E-state index in [-0.39, 0.29) is 11.5 Å². The highest BCUT2D eigenvalue weighted by Crippen LogP contribution is 2.38. The Morgan fingerprint density at radius 1 is 1.28 bits per heavy atom. The number of aromatic nitrogens is 1. The van der Waals surface area contributed by atoms with Gasteiger partial charge >= 0.3 is 0 Å². The first kappa shape index (κ1) is 11.7. The van der Waals surface area contributed by atoms with Crippen molar-refractivity contribution in [2.75, 3.05) is 0 Å². The van der Waals surface area contributed by atoms with Gasteiger partial charge < -0.3 is 4.74 Å². The van der Waals surface area contributed by atoms with E-state index in [1.54, 1.807) is 11.3 Å². The maximum Gasteiger partial charge on any atom is 0.154 e. The lowest BCUT2D eigenvalue weighted by Gasteiger charge is -2.14. The molecule has 0 fully saturated rings. The molecule has 1 aliphatic rings. The smallest absolute Gasteiger partial charge is 0.154 e. The summed E-state index contributed by atoms with van der Waals surface area (Å²) in [5.74, 6) is 1.01. The summed E-state index contributed by atoms with van der Waals surface area (Å²) >= 11 is 1.71. The number of fused-ring (bicyclic) bond motifs is 1. The number of benzene rings is 1. The minimum atomic E-state index is 0.100. The molecule has 0 spiro atoms. The fourth-order valence-corrected chi connectivity index (χ4v) is 3.17. The predicted octanol–water partition coefficient (Wildman–Crippen LogP) is 4.12. The van der Waals surface area contributed by atoms with Gasteiger partial charge in [-0.15, -0.1) is 11.3 Å². The van der Waals surface area contributed by atoms with E-state index in [2.05, 4.69) is 38.3 Å². The highest BCUT2D eigenvalue weighted by atomic mass is 32.1.